The van der Waals surface area contributed by atoms with Gasteiger partial charge in [-0.1, -0.05) is 18.3 Å². The number of hydrogen-bond acceptors (Lipinski definition) is 6. The van der Waals surface area contributed by atoms with Gasteiger partial charge in [-0.2, -0.15) is 5.10 Å². The van der Waals surface area contributed by atoms with Gasteiger partial charge in [0.15, 0.2) is 5.69 Å². The van der Waals surface area contributed by atoms with E-state index >= 15 is 0 Å². The van der Waals surface area contributed by atoms with Gasteiger partial charge in [-0.05, 0) is 13.3 Å². The highest BCUT2D eigenvalue weighted by Gasteiger charge is 2.21. The van der Waals surface area contributed by atoms with E-state index in [2.05, 4.69) is 10.1 Å². The van der Waals surface area contributed by atoms with Crippen LogP contribution in [0.15, 0.2) is 0 Å². The third-order valence-electron chi connectivity index (χ3n) is 2.26. The lowest BCUT2D eigenvalue weighted by molar-refractivity contribution is 0.0516. The zero-order valence-corrected chi connectivity index (χ0v) is 10.5. The smallest absolute Gasteiger partial charge is 0.359 e. The number of aliphatic hydroxyl groups excluding tert-OH is 1. The van der Waals surface area contributed by atoms with Gasteiger partial charge in [0, 0.05) is 0 Å². The predicted octanol–water partition coefficient (Wildman–Crippen LogP) is 1.02. The number of aliphatic hydroxyl groups is 1. The van der Waals surface area contributed by atoms with Crippen LogP contribution in [0.25, 0.3) is 4.96 Å². The van der Waals surface area contributed by atoms with E-state index in [-0.39, 0.29) is 18.9 Å². The molecule has 6 nitrogen and oxygen atoms in total. The zero-order valence-electron chi connectivity index (χ0n) is 9.63. The molecule has 7 heteroatoms. The highest BCUT2D eigenvalue weighted by Crippen LogP contribution is 2.20. The summed E-state index contributed by atoms with van der Waals surface area (Å²) in [5, 5.41) is 14.5. The Kier molecular flexibility index (Phi) is 3.39. The highest BCUT2D eigenvalue weighted by atomic mass is 32.1. The Morgan fingerprint density at radius 1 is 1.53 bits per heavy atom. The van der Waals surface area contributed by atoms with Crippen LogP contribution in [0.2, 0.25) is 0 Å². The molecule has 0 atom stereocenters. The summed E-state index contributed by atoms with van der Waals surface area (Å²) in [6, 6.07) is 0. The quantitative estimate of drug-likeness (QED) is 0.825. The highest BCUT2D eigenvalue weighted by molar-refractivity contribution is 7.16. The van der Waals surface area contributed by atoms with Crippen LogP contribution < -0.4 is 0 Å². The van der Waals surface area contributed by atoms with Crippen molar-refractivity contribution < 1.29 is 14.6 Å². The summed E-state index contributed by atoms with van der Waals surface area (Å²) in [5.74, 6) is -0.521. The summed E-state index contributed by atoms with van der Waals surface area (Å²) in [5.41, 5.74) is 0.533. The molecule has 2 aromatic rings. The summed E-state index contributed by atoms with van der Waals surface area (Å²) >= 11 is 1.40. The molecule has 0 bridgehead atoms. The second-order valence-corrected chi connectivity index (χ2v) is 4.37. The maximum atomic E-state index is 11.6. The van der Waals surface area contributed by atoms with Crippen molar-refractivity contribution in [3.8, 4) is 0 Å². The van der Waals surface area contributed by atoms with E-state index in [4.69, 9.17) is 4.74 Å². The minimum atomic E-state index is -0.521. The number of fused-ring (bicyclic) bond motifs is 1. The second kappa shape index (κ2) is 4.80. The molecule has 2 aromatic heterocycles. The van der Waals surface area contributed by atoms with Gasteiger partial charge in [-0.25, -0.2) is 14.3 Å². The van der Waals surface area contributed by atoms with Crippen LogP contribution in [0.3, 0.4) is 0 Å². The Bertz CT molecular complexity index is 546. The maximum Gasteiger partial charge on any atom is 0.359 e. The van der Waals surface area contributed by atoms with Crippen LogP contribution in [0.4, 0.5) is 0 Å². The van der Waals surface area contributed by atoms with E-state index in [0.29, 0.717) is 10.7 Å². The molecule has 92 valence electrons. The lowest BCUT2D eigenvalue weighted by Crippen LogP contribution is -2.09. The van der Waals surface area contributed by atoms with Gasteiger partial charge in [0.25, 0.3) is 0 Å². The van der Waals surface area contributed by atoms with Crippen molar-refractivity contribution in [1.82, 2.24) is 14.6 Å². The molecule has 0 aliphatic heterocycles. The number of aryl methyl sites for hydroxylation is 1. The van der Waals surface area contributed by atoms with E-state index in [1.165, 1.54) is 15.9 Å². The molecule has 0 aromatic carbocycles. The molecule has 1 N–H and O–H groups in total. The van der Waals surface area contributed by atoms with Crippen molar-refractivity contribution in [2.24, 2.45) is 0 Å². The fourth-order valence-electron chi connectivity index (χ4n) is 1.48. The lowest BCUT2D eigenvalue weighted by Gasteiger charge is -2.00. The Morgan fingerprint density at radius 3 is 2.88 bits per heavy atom. The van der Waals surface area contributed by atoms with Gasteiger partial charge in [0.05, 0.1) is 13.2 Å². The first-order valence-corrected chi connectivity index (χ1v) is 6.18. The third-order valence-corrected chi connectivity index (χ3v) is 3.31. The van der Waals surface area contributed by atoms with Gasteiger partial charge in [0.2, 0.25) is 4.96 Å². The summed E-state index contributed by atoms with van der Waals surface area (Å²) in [6.07, 6.45) is 0.799. The fourth-order valence-corrected chi connectivity index (χ4v) is 2.33. The largest absolute Gasteiger partial charge is 0.461 e. The molecule has 17 heavy (non-hydrogen) atoms. The standard InChI is InChI=1S/C10H13N3O3S/c1-3-7-12-13-6(5-14)8(9(15)16-4-2)11-10(13)17-7/h14H,3-5H2,1-2H3. The predicted molar refractivity (Wildman–Crippen MR) is 62.1 cm³/mol. The maximum absolute atomic E-state index is 11.6. The number of nitrogens with zero attached hydrogens (tertiary/aromatic N) is 3. The van der Waals surface area contributed by atoms with Gasteiger partial charge in [-0.3, -0.25) is 0 Å². The van der Waals surface area contributed by atoms with Crippen molar-refractivity contribution in [3.05, 3.63) is 16.4 Å². The number of carbonyl (C=O) groups is 1. The van der Waals surface area contributed by atoms with E-state index in [9.17, 15) is 9.90 Å². The molecule has 0 aliphatic carbocycles. The molecule has 0 spiro atoms. The van der Waals surface area contributed by atoms with Crippen LogP contribution in [-0.2, 0) is 17.8 Å². The van der Waals surface area contributed by atoms with Crippen LogP contribution in [0.1, 0.15) is 35.0 Å². The van der Waals surface area contributed by atoms with Gasteiger partial charge in [0.1, 0.15) is 10.7 Å². The topological polar surface area (TPSA) is 76.7 Å². The van der Waals surface area contributed by atoms with Gasteiger partial charge >= 0.3 is 5.97 Å². The molecular formula is C10H13N3O3S. The minimum Gasteiger partial charge on any atom is -0.461 e. The van der Waals surface area contributed by atoms with Crippen molar-refractivity contribution in [2.75, 3.05) is 6.61 Å². The van der Waals surface area contributed by atoms with Crippen LogP contribution in [0, 0.1) is 0 Å². The molecule has 0 fully saturated rings. The van der Waals surface area contributed by atoms with E-state index in [0.717, 1.165) is 11.4 Å². The van der Waals surface area contributed by atoms with Crippen LogP contribution in [-0.4, -0.2) is 32.3 Å². The van der Waals surface area contributed by atoms with Crippen molar-refractivity contribution in [2.45, 2.75) is 26.9 Å². The van der Waals surface area contributed by atoms with E-state index in [1.54, 1.807) is 6.92 Å². The molecule has 0 saturated carbocycles. The van der Waals surface area contributed by atoms with E-state index < -0.39 is 5.97 Å². The van der Waals surface area contributed by atoms with E-state index in [1.807, 2.05) is 6.92 Å². The fraction of sp³-hybridized carbons (Fsp3) is 0.500. The van der Waals surface area contributed by atoms with Crippen molar-refractivity contribution in [1.29, 1.82) is 0 Å². The van der Waals surface area contributed by atoms with Gasteiger partial charge in [-0.15, -0.1) is 0 Å². The second-order valence-electron chi connectivity index (χ2n) is 3.33. The monoisotopic (exact) mass is 255 g/mol. The first-order valence-electron chi connectivity index (χ1n) is 5.36. The lowest BCUT2D eigenvalue weighted by atomic mass is 10.3. The first-order chi connectivity index (χ1) is 8.21. The van der Waals surface area contributed by atoms with Crippen molar-refractivity contribution in [3.63, 3.8) is 0 Å². The Labute approximate surface area is 102 Å². The zero-order chi connectivity index (χ0) is 12.4. The Balaban J connectivity index is 2.50. The number of aromatic nitrogens is 3. The molecule has 0 aliphatic rings. The molecular weight excluding hydrogens is 242 g/mol. The third kappa shape index (κ3) is 2.03. The van der Waals surface area contributed by atoms with Crippen LogP contribution >= 0.6 is 11.3 Å². The number of rotatable bonds is 4. The summed E-state index contributed by atoms with van der Waals surface area (Å²) < 4.78 is 6.39. The average Bonchev–Trinajstić information content (AvgIpc) is 2.85. The summed E-state index contributed by atoms with van der Waals surface area (Å²) in [4.78, 5) is 16.4. The normalized spacial score (nSPS) is 11.0. The molecule has 0 unspecified atom stereocenters. The molecule has 0 saturated heterocycles. The summed E-state index contributed by atoms with van der Waals surface area (Å²) in [6.45, 7) is 3.70. The first kappa shape index (κ1) is 12.0. The number of carbonyl (C=O) groups excluding carboxylic acids is 1. The minimum absolute atomic E-state index is 0.149. The number of ether oxygens (including phenoxy) is 1. The van der Waals surface area contributed by atoms with Crippen LogP contribution in [0.5, 0.6) is 0 Å². The number of imidazole rings is 1. The molecule has 2 heterocycles. The summed E-state index contributed by atoms with van der Waals surface area (Å²) in [7, 11) is 0. The van der Waals surface area contributed by atoms with Crippen molar-refractivity contribution >= 4 is 22.3 Å². The number of hydrogen-bond donors (Lipinski definition) is 1. The number of esters is 1. The SMILES string of the molecule is CCOC(=O)c1nc2sc(CC)nn2c1CO. The molecule has 2 rings (SSSR count). The average molecular weight is 255 g/mol. The Morgan fingerprint density at radius 2 is 2.29 bits per heavy atom. The molecule has 0 amide bonds. The Hall–Kier alpha value is -1.47. The molecule has 0 radical (unpaired) electrons. The van der Waals surface area contributed by atoms with Gasteiger partial charge < -0.3 is 9.84 Å².